The van der Waals surface area contributed by atoms with Gasteiger partial charge >= 0.3 is 137 Å². The summed E-state index contributed by atoms with van der Waals surface area (Å²) >= 11 is 0.898. The molecule has 0 N–H and O–H groups in total. The van der Waals surface area contributed by atoms with Gasteiger partial charge in [0.2, 0.25) is 0 Å². The molecular weight excluding hydrogens is 961 g/mol. The molecule has 352 valence electrons. The van der Waals surface area contributed by atoms with E-state index < -0.39 is 23.5 Å². The summed E-state index contributed by atoms with van der Waals surface area (Å²) in [6.45, 7) is 32.4. The molecule has 3 aliphatic rings. The van der Waals surface area contributed by atoms with Crippen molar-refractivity contribution in [1.29, 1.82) is 0 Å². The summed E-state index contributed by atoms with van der Waals surface area (Å²) in [5.74, 6) is 0.573. The smallest absolute Gasteiger partial charge is 1.00 e. The van der Waals surface area contributed by atoms with Crippen LogP contribution in [0, 0.1) is 28.2 Å². The van der Waals surface area contributed by atoms with E-state index in [1.165, 1.54) is 91.2 Å². The zero-order valence-electron chi connectivity index (χ0n) is 40.6. The fourth-order valence-corrected chi connectivity index (χ4v) is 9.74. The molecule has 0 aromatic heterocycles. The van der Waals surface area contributed by atoms with E-state index in [2.05, 4.69) is 158 Å². The number of alkyl halides is 6. The Morgan fingerprint density at radius 1 is 0.591 bits per heavy atom. The van der Waals surface area contributed by atoms with Crippen molar-refractivity contribution in [3.05, 3.63) is 159 Å². The molecule has 5 aromatic rings. The van der Waals surface area contributed by atoms with E-state index in [0.717, 1.165) is 48.5 Å². The molecule has 0 radical (unpaired) electrons. The predicted molar refractivity (Wildman–Crippen MR) is 253 cm³/mol. The molecule has 0 saturated heterocycles. The maximum Gasteiger partial charge on any atom is -1.00 e. The predicted octanol–water partition coefficient (Wildman–Crippen LogP) is 11.4. The van der Waals surface area contributed by atoms with Gasteiger partial charge in [0.15, 0.2) is 0 Å². The molecule has 5 aromatic carbocycles. The number of hydrogen-bond donors (Lipinski definition) is 0. The van der Waals surface area contributed by atoms with Crippen molar-refractivity contribution in [2.24, 2.45) is 22.2 Å². The van der Waals surface area contributed by atoms with Crippen molar-refractivity contribution in [2.75, 3.05) is 0 Å². The fourth-order valence-electron chi connectivity index (χ4n) is 8.92. The third-order valence-electron chi connectivity index (χ3n) is 12.7. The summed E-state index contributed by atoms with van der Waals surface area (Å²) in [5, 5.41) is 5.58. The Morgan fingerprint density at radius 2 is 0.955 bits per heavy atom. The van der Waals surface area contributed by atoms with Gasteiger partial charge in [-0.15, -0.1) is 39.7 Å². The Balaban J connectivity index is 0.000000238. The van der Waals surface area contributed by atoms with Gasteiger partial charge < -0.3 is 24.8 Å². The molecule has 0 bridgehead atoms. The van der Waals surface area contributed by atoms with E-state index in [1.54, 1.807) is 0 Å². The number of hydrogen-bond acceptors (Lipinski definition) is 0. The molecule has 0 nitrogen and oxygen atoms in total. The summed E-state index contributed by atoms with van der Waals surface area (Å²) in [5.41, 5.74) is 10.6. The summed E-state index contributed by atoms with van der Waals surface area (Å²) in [6, 6.07) is 21.5. The Hall–Kier alpha value is -3.38. The molecule has 0 fully saturated rings. The van der Waals surface area contributed by atoms with E-state index in [-0.39, 0.29) is 46.5 Å². The van der Waals surface area contributed by atoms with Crippen LogP contribution in [-0.2, 0) is 47.4 Å². The SMILES string of the molecule is CC(C)(C)C1=CC(C)(C)c2cc3[cH-]c4cc5c(cc4c3cc21)C(C(C)(C)C)=CC5(C)C.CCC1[C-]=CC(C(C)(C)C)=C1.FC(F)(F)c1ccc([C](=[Zr+2])c2ccc(C(F)(F)F)cc2)cc1.[Cl-].[Cl-]. The van der Waals surface area contributed by atoms with Crippen LogP contribution in [0.15, 0.2) is 109 Å². The molecule has 0 amide bonds. The van der Waals surface area contributed by atoms with E-state index in [1.807, 2.05) is 0 Å². The first kappa shape index (κ1) is 55.2. The molecule has 0 aliphatic heterocycles. The van der Waals surface area contributed by atoms with Crippen LogP contribution >= 0.6 is 0 Å². The van der Waals surface area contributed by atoms with Gasteiger partial charge in [0.1, 0.15) is 0 Å². The number of benzene rings is 4. The summed E-state index contributed by atoms with van der Waals surface area (Å²) in [4.78, 5) is 0. The second kappa shape index (κ2) is 19.2. The van der Waals surface area contributed by atoms with Crippen LogP contribution in [0.2, 0.25) is 0 Å². The Kier molecular flexibility index (Phi) is 16.1. The zero-order valence-corrected chi connectivity index (χ0v) is 44.6. The van der Waals surface area contributed by atoms with Crippen LogP contribution in [0.4, 0.5) is 26.3 Å². The third kappa shape index (κ3) is 11.7. The molecule has 1 unspecified atom stereocenters. The van der Waals surface area contributed by atoms with Crippen LogP contribution in [0.1, 0.15) is 148 Å². The standard InChI is InChI=1S/C31H37.C15H8F6.C11H17.2ClH.Zr/c1-28(2,3)26-16-30(7,8)24-12-18-11-19-13-25-23(15-21(19)20(18)14-22(24)26)27(29(4,5)6)17-31(25,9)10;16-14(17,18)12-5-1-10(2-6-12)9-11-3-7-13(8-4-11)15(19,20)21;1-5-9-6-7-10(8-9)11(2,3)4;;;/h11-17H,1-10H3;1-8H;7-9H,5H2,1-4H3;2*1H;/q-1;;-1;;;+2/p-2. The largest absolute Gasteiger partial charge is 1.00 e. The fraction of sp³-hybridized carbons (Fsp3) is 0.404. The Labute approximate surface area is 416 Å². The summed E-state index contributed by atoms with van der Waals surface area (Å²) in [7, 11) is 0. The maximum absolute atomic E-state index is 12.5. The van der Waals surface area contributed by atoms with Crippen molar-refractivity contribution in [2.45, 2.75) is 127 Å². The second-order valence-corrected chi connectivity index (χ2v) is 23.1. The molecule has 1 atom stereocenters. The van der Waals surface area contributed by atoms with Gasteiger partial charge in [0.05, 0.1) is 0 Å². The minimum Gasteiger partial charge on any atom is -1.00 e. The van der Waals surface area contributed by atoms with E-state index in [4.69, 9.17) is 0 Å². The summed E-state index contributed by atoms with van der Waals surface area (Å²) < 4.78 is 75.6. The molecule has 0 spiro atoms. The van der Waals surface area contributed by atoms with Gasteiger partial charge in [-0.25, -0.2) is 6.08 Å². The molecule has 3 aliphatic carbocycles. The molecule has 0 saturated carbocycles. The molecule has 9 heteroatoms. The summed E-state index contributed by atoms with van der Waals surface area (Å²) in [6.07, 6.45) is 5.18. The Bertz CT molecular complexity index is 2550. The van der Waals surface area contributed by atoms with Gasteiger partial charge in [0.25, 0.3) is 0 Å². The first-order chi connectivity index (χ1) is 29.2. The van der Waals surface area contributed by atoms with Gasteiger partial charge in [0, 0.05) is 10.8 Å². The van der Waals surface area contributed by atoms with Gasteiger partial charge in [-0.3, -0.25) is 6.08 Å². The van der Waals surface area contributed by atoms with Crippen molar-refractivity contribution in [3.8, 4) is 0 Å². The number of rotatable bonds is 3. The van der Waals surface area contributed by atoms with Crippen molar-refractivity contribution in [1.82, 2.24) is 0 Å². The maximum atomic E-state index is 12.5. The normalized spacial score (nSPS) is 17.3. The van der Waals surface area contributed by atoms with Gasteiger partial charge in [-0.1, -0.05) is 150 Å². The monoisotopic (exact) mass is 1020 g/mol. The van der Waals surface area contributed by atoms with Crippen LogP contribution in [0.3, 0.4) is 0 Å². The van der Waals surface area contributed by atoms with E-state index in [9.17, 15) is 26.3 Å². The first-order valence-corrected chi connectivity index (χ1v) is 23.4. The minimum atomic E-state index is -4.41. The van der Waals surface area contributed by atoms with Crippen LogP contribution in [0.5, 0.6) is 0 Å². The molecule has 0 heterocycles. The number of allylic oxidation sites excluding steroid dienone is 8. The Morgan fingerprint density at radius 3 is 1.23 bits per heavy atom. The molecular formula is C57H62Cl2F6Zr-2. The van der Waals surface area contributed by atoms with Gasteiger partial charge in [-0.2, -0.15) is 11.6 Å². The van der Waals surface area contributed by atoms with Crippen molar-refractivity contribution in [3.63, 3.8) is 0 Å². The molecule has 8 rings (SSSR count). The van der Waals surface area contributed by atoms with Crippen LogP contribution < -0.4 is 24.8 Å². The quantitative estimate of drug-likeness (QED) is 0.125. The van der Waals surface area contributed by atoms with Crippen LogP contribution in [-0.4, -0.2) is 3.21 Å². The third-order valence-corrected chi connectivity index (χ3v) is 14.1. The van der Waals surface area contributed by atoms with E-state index in [0.29, 0.717) is 25.7 Å². The van der Waals surface area contributed by atoms with Crippen LogP contribution in [0.25, 0.3) is 32.7 Å². The number of halogens is 8. The average Bonchev–Trinajstić information content (AvgIpc) is 3.94. The van der Waals surface area contributed by atoms with Gasteiger partial charge in [-0.05, 0) is 33.1 Å². The topological polar surface area (TPSA) is 0 Å². The van der Waals surface area contributed by atoms with Crippen molar-refractivity contribution < 1.29 is 75.4 Å². The molecule has 66 heavy (non-hydrogen) atoms. The minimum absolute atomic E-state index is 0. The first-order valence-electron chi connectivity index (χ1n) is 22.2. The van der Waals surface area contributed by atoms with E-state index >= 15 is 0 Å². The van der Waals surface area contributed by atoms with Crippen molar-refractivity contribution >= 4 is 35.9 Å². The second-order valence-electron chi connectivity index (χ2n) is 21.9. The average molecular weight is 1020 g/mol. The zero-order chi connectivity index (χ0) is 47.7. The number of fused-ring (bicyclic) bond motifs is 5.